The van der Waals surface area contributed by atoms with Crippen LogP contribution in [0.3, 0.4) is 0 Å². The minimum Gasteiger partial charge on any atom is -0.384 e. The smallest absolute Gasteiger partial charge is 0.170 e. The van der Waals surface area contributed by atoms with Crippen LogP contribution in [0, 0.1) is 5.82 Å². The molecule has 0 radical (unpaired) electrons. The minimum absolute atomic E-state index is 0.0692. The van der Waals surface area contributed by atoms with Crippen molar-refractivity contribution in [2.45, 2.75) is 6.42 Å². The zero-order valence-corrected chi connectivity index (χ0v) is 10.9. The second-order valence-corrected chi connectivity index (χ2v) is 4.73. The van der Waals surface area contributed by atoms with Crippen LogP contribution < -0.4 is 5.73 Å². The van der Waals surface area contributed by atoms with Gasteiger partial charge in [0, 0.05) is 17.1 Å². The Morgan fingerprint density at radius 1 is 1.33 bits per heavy atom. The van der Waals surface area contributed by atoms with E-state index in [1.54, 1.807) is 18.2 Å². The van der Waals surface area contributed by atoms with Gasteiger partial charge in [-0.3, -0.25) is 4.79 Å². The van der Waals surface area contributed by atoms with Crippen molar-refractivity contribution < 1.29 is 9.18 Å². The Morgan fingerprint density at radius 3 is 2.83 bits per heavy atom. The second kappa shape index (κ2) is 5.27. The number of nitrogen functional groups attached to an aromatic ring is 1. The lowest BCUT2D eigenvalue weighted by Crippen LogP contribution is -2.06. The van der Waals surface area contributed by atoms with Crippen LogP contribution >= 0.6 is 15.9 Å². The van der Waals surface area contributed by atoms with Crippen LogP contribution in [0.2, 0.25) is 0 Å². The summed E-state index contributed by atoms with van der Waals surface area (Å²) >= 11 is 3.21. The minimum atomic E-state index is -0.523. The van der Waals surface area contributed by atoms with Gasteiger partial charge in [-0.2, -0.15) is 0 Å². The van der Waals surface area contributed by atoms with Crippen molar-refractivity contribution in [2.24, 2.45) is 0 Å². The molecule has 0 bridgehead atoms. The number of ketones is 1. The van der Waals surface area contributed by atoms with Crippen LogP contribution in [0.25, 0.3) is 0 Å². The van der Waals surface area contributed by atoms with Crippen LogP contribution in [0.1, 0.15) is 15.9 Å². The molecule has 2 rings (SSSR count). The summed E-state index contributed by atoms with van der Waals surface area (Å²) in [7, 11) is 0. The highest BCUT2D eigenvalue weighted by Gasteiger charge is 2.13. The van der Waals surface area contributed by atoms with E-state index in [2.05, 4.69) is 20.9 Å². The highest BCUT2D eigenvalue weighted by molar-refractivity contribution is 9.10. The molecule has 0 saturated heterocycles. The van der Waals surface area contributed by atoms with Gasteiger partial charge in [0.25, 0.3) is 0 Å². The average Bonchev–Trinajstić information content (AvgIpc) is 2.32. The maximum atomic E-state index is 13.5. The Bertz CT molecular complexity index is 601. The lowest BCUT2D eigenvalue weighted by atomic mass is 10.0. The molecule has 0 aliphatic rings. The van der Waals surface area contributed by atoms with Crippen molar-refractivity contribution in [1.29, 1.82) is 0 Å². The number of nitrogens with two attached hydrogens (primary N) is 1. The number of aromatic nitrogens is 1. The summed E-state index contributed by atoms with van der Waals surface area (Å²) in [5.41, 5.74) is 6.31. The molecule has 0 aliphatic carbocycles. The molecule has 5 heteroatoms. The quantitative estimate of drug-likeness (QED) is 0.887. The lowest BCUT2D eigenvalue weighted by Gasteiger charge is -2.04. The van der Waals surface area contributed by atoms with E-state index >= 15 is 0 Å². The molecule has 2 aromatic rings. The van der Waals surface area contributed by atoms with Gasteiger partial charge in [0.1, 0.15) is 11.6 Å². The van der Waals surface area contributed by atoms with Crippen LogP contribution in [0.4, 0.5) is 10.2 Å². The number of pyridine rings is 1. The molecule has 0 aliphatic heterocycles. The molecule has 1 aromatic carbocycles. The highest BCUT2D eigenvalue weighted by atomic mass is 79.9. The number of benzene rings is 1. The van der Waals surface area contributed by atoms with E-state index in [9.17, 15) is 9.18 Å². The number of carbonyl (C=O) groups is 1. The maximum absolute atomic E-state index is 13.5. The van der Waals surface area contributed by atoms with Crippen molar-refractivity contribution in [3.05, 3.63) is 57.9 Å². The van der Waals surface area contributed by atoms with E-state index in [4.69, 9.17) is 5.73 Å². The Labute approximate surface area is 112 Å². The second-order valence-electron chi connectivity index (χ2n) is 3.81. The molecule has 1 heterocycles. The summed E-state index contributed by atoms with van der Waals surface area (Å²) in [5.74, 6) is -0.473. The summed E-state index contributed by atoms with van der Waals surface area (Å²) in [6.45, 7) is 0. The van der Waals surface area contributed by atoms with Crippen molar-refractivity contribution >= 4 is 27.5 Å². The first-order chi connectivity index (χ1) is 8.56. The molecule has 2 N–H and O–H groups in total. The Hall–Kier alpha value is -1.75. The third kappa shape index (κ3) is 2.92. The van der Waals surface area contributed by atoms with Crippen molar-refractivity contribution in [3.63, 3.8) is 0 Å². The number of nitrogens with zero attached hydrogens (tertiary/aromatic N) is 1. The third-order valence-electron chi connectivity index (χ3n) is 2.44. The first-order valence-electron chi connectivity index (χ1n) is 5.25. The summed E-state index contributed by atoms with van der Waals surface area (Å²) < 4.78 is 14.2. The molecule has 0 amide bonds. The van der Waals surface area contributed by atoms with Gasteiger partial charge in [-0.15, -0.1) is 0 Å². The van der Waals surface area contributed by atoms with Gasteiger partial charge in [-0.05, 0) is 35.9 Å². The SMILES string of the molecule is Nc1cc(CC(=O)c2cc(Br)ccc2F)ccn1. The van der Waals surface area contributed by atoms with Gasteiger partial charge in [-0.1, -0.05) is 15.9 Å². The van der Waals surface area contributed by atoms with Crippen LogP contribution in [-0.4, -0.2) is 10.8 Å². The fraction of sp³-hybridized carbons (Fsp3) is 0.0769. The molecule has 0 atom stereocenters. The number of halogens is 2. The molecule has 3 nitrogen and oxygen atoms in total. The first kappa shape index (κ1) is 12.7. The van der Waals surface area contributed by atoms with Crippen molar-refractivity contribution in [3.8, 4) is 0 Å². The van der Waals surface area contributed by atoms with Crippen LogP contribution in [-0.2, 0) is 6.42 Å². The highest BCUT2D eigenvalue weighted by Crippen LogP contribution is 2.17. The predicted octanol–water partition coefficient (Wildman–Crippen LogP) is 2.99. The maximum Gasteiger partial charge on any atom is 0.170 e. The fourth-order valence-electron chi connectivity index (χ4n) is 1.60. The molecule has 1 aromatic heterocycles. The molecule has 18 heavy (non-hydrogen) atoms. The van der Waals surface area contributed by atoms with Gasteiger partial charge in [0.05, 0.1) is 5.56 Å². The molecule has 0 spiro atoms. The lowest BCUT2D eigenvalue weighted by molar-refractivity contribution is 0.0989. The number of hydrogen-bond donors (Lipinski definition) is 1. The van der Waals surface area contributed by atoms with Gasteiger partial charge < -0.3 is 5.73 Å². The molecule has 92 valence electrons. The van der Waals surface area contributed by atoms with E-state index in [0.29, 0.717) is 15.9 Å². The van der Waals surface area contributed by atoms with Crippen LogP contribution in [0.15, 0.2) is 41.0 Å². The molecular formula is C13H10BrFN2O. The van der Waals surface area contributed by atoms with E-state index in [0.717, 1.165) is 0 Å². The summed E-state index contributed by atoms with van der Waals surface area (Å²) in [6, 6.07) is 7.58. The Balaban J connectivity index is 2.24. The topological polar surface area (TPSA) is 56.0 Å². The predicted molar refractivity (Wildman–Crippen MR) is 70.8 cm³/mol. The Kier molecular flexibility index (Phi) is 3.72. The van der Waals surface area contributed by atoms with Gasteiger partial charge in [0.15, 0.2) is 5.78 Å². The molecular weight excluding hydrogens is 299 g/mol. The number of anilines is 1. The monoisotopic (exact) mass is 308 g/mol. The van der Waals surface area contributed by atoms with Crippen LogP contribution in [0.5, 0.6) is 0 Å². The van der Waals surface area contributed by atoms with E-state index in [-0.39, 0.29) is 17.8 Å². The number of carbonyl (C=O) groups excluding carboxylic acids is 1. The standard InChI is InChI=1S/C13H10BrFN2O/c14-9-1-2-11(15)10(7-9)12(18)5-8-3-4-17-13(16)6-8/h1-4,6-7H,5H2,(H2,16,17). The fourth-order valence-corrected chi connectivity index (χ4v) is 1.96. The van der Waals surface area contributed by atoms with Gasteiger partial charge in [0.2, 0.25) is 0 Å². The average molecular weight is 309 g/mol. The normalized spacial score (nSPS) is 10.3. The number of Topliss-reactive ketones (excluding diaryl/α,β-unsaturated/α-hetero) is 1. The van der Waals surface area contributed by atoms with Gasteiger partial charge >= 0.3 is 0 Å². The zero-order valence-electron chi connectivity index (χ0n) is 9.36. The molecule has 0 unspecified atom stereocenters. The largest absolute Gasteiger partial charge is 0.384 e. The third-order valence-corrected chi connectivity index (χ3v) is 2.93. The summed E-state index contributed by atoms with van der Waals surface area (Å²) in [5, 5.41) is 0. The van der Waals surface area contributed by atoms with Gasteiger partial charge in [-0.25, -0.2) is 9.37 Å². The number of hydrogen-bond acceptors (Lipinski definition) is 3. The number of rotatable bonds is 3. The van der Waals surface area contributed by atoms with Crippen molar-refractivity contribution in [1.82, 2.24) is 4.98 Å². The van der Waals surface area contributed by atoms with E-state index in [1.165, 1.54) is 18.3 Å². The summed E-state index contributed by atoms with van der Waals surface area (Å²) in [6.07, 6.45) is 1.62. The van der Waals surface area contributed by atoms with E-state index in [1.807, 2.05) is 0 Å². The first-order valence-corrected chi connectivity index (χ1v) is 6.04. The Morgan fingerprint density at radius 2 is 2.11 bits per heavy atom. The zero-order chi connectivity index (χ0) is 13.1. The van der Waals surface area contributed by atoms with E-state index < -0.39 is 5.82 Å². The molecule has 0 fully saturated rings. The van der Waals surface area contributed by atoms with Crippen molar-refractivity contribution in [2.75, 3.05) is 5.73 Å². The molecule has 0 saturated carbocycles. The summed E-state index contributed by atoms with van der Waals surface area (Å²) in [4.78, 5) is 15.8.